The van der Waals surface area contributed by atoms with E-state index in [1.165, 1.54) is 0 Å². The summed E-state index contributed by atoms with van der Waals surface area (Å²) in [5, 5.41) is 0. The first-order valence-corrected chi connectivity index (χ1v) is 3.08. The van der Waals surface area contributed by atoms with Crippen LogP contribution in [0.4, 0.5) is 0 Å². The predicted octanol–water partition coefficient (Wildman–Crippen LogP) is 0.00200. The van der Waals surface area contributed by atoms with Crippen LogP contribution in [0.15, 0.2) is 0 Å². The highest BCUT2D eigenvalue weighted by Crippen LogP contribution is 1.98. The predicted molar refractivity (Wildman–Crippen MR) is 24.7 cm³/mol. The summed E-state index contributed by atoms with van der Waals surface area (Å²) in [6, 6.07) is 0. The Morgan fingerprint density at radius 2 is 1.86 bits per heavy atom. The van der Waals surface area contributed by atoms with E-state index in [1.807, 2.05) is 0 Å². The molecule has 1 aliphatic heterocycles. The van der Waals surface area contributed by atoms with Crippen LogP contribution in [0.2, 0.25) is 0 Å². The Hall–Kier alpha value is 0.0700. The molecular formula is C3H6O3S. The van der Waals surface area contributed by atoms with E-state index in [-0.39, 0.29) is 0 Å². The lowest BCUT2D eigenvalue weighted by Gasteiger charge is -2.07. The second-order valence-corrected chi connectivity index (χ2v) is 2.08. The molecule has 0 spiro atoms. The Bertz CT molecular complexity index is 74.2. The zero-order chi connectivity index (χ0) is 5.11. The van der Waals surface area contributed by atoms with Gasteiger partial charge < -0.3 is 0 Å². The summed E-state index contributed by atoms with van der Waals surface area (Å²) in [6.45, 7) is 1.12. The molecule has 4 heteroatoms. The first kappa shape index (κ1) is 5.21. The molecule has 7 heavy (non-hydrogen) atoms. The third-order valence-corrected chi connectivity index (χ3v) is 1.37. The summed E-state index contributed by atoms with van der Waals surface area (Å²) in [6.07, 6.45) is 0.853. The van der Waals surface area contributed by atoms with E-state index in [0.29, 0.717) is 13.2 Å². The molecule has 0 atom stereocenters. The van der Waals surface area contributed by atoms with Gasteiger partial charge in [0.25, 0.3) is 0 Å². The van der Waals surface area contributed by atoms with Crippen LogP contribution in [0.5, 0.6) is 0 Å². The van der Waals surface area contributed by atoms with Crippen molar-refractivity contribution in [1.29, 1.82) is 0 Å². The van der Waals surface area contributed by atoms with E-state index in [2.05, 4.69) is 8.37 Å². The molecule has 0 aromatic heterocycles. The number of rotatable bonds is 0. The highest BCUT2D eigenvalue weighted by Gasteiger charge is 2.05. The van der Waals surface area contributed by atoms with Crippen LogP contribution in [0, 0.1) is 0 Å². The van der Waals surface area contributed by atoms with Crippen molar-refractivity contribution in [3.63, 3.8) is 0 Å². The third kappa shape index (κ3) is 1.54. The molecular weight excluding hydrogens is 116 g/mol. The summed E-state index contributed by atoms with van der Waals surface area (Å²) in [4.78, 5) is 0. The Labute approximate surface area is 44.5 Å². The van der Waals surface area contributed by atoms with Gasteiger partial charge in [-0.3, -0.25) is 8.37 Å². The van der Waals surface area contributed by atoms with Crippen molar-refractivity contribution in [1.82, 2.24) is 0 Å². The van der Waals surface area contributed by atoms with Gasteiger partial charge in [-0.05, 0) is 6.42 Å². The van der Waals surface area contributed by atoms with Crippen molar-refractivity contribution >= 4 is 11.4 Å². The molecule has 1 rings (SSSR count). The van der Waals surface area contributed by atoms with Gasteiger partial charge in [-0.15, -0.1) is 0 Å². The Morgan fingerprint density at radius 1 is 1.29 bits per heavy atom. The molecule has 0 amide bonds. The molecule has 1 fully saturated rings. The summed E-state index contributed by atoms with van der Waals surface area (Å²) >= 11 is -1.44. The highest BCUT2D eigenvalue weighted by atomic mass is 32.2. The summed E-state index contributed by atoms with van der Waals surface area (Å²) in [5.41, 5.74) is 0. The topological polar surface area (TPSA) is 35.5 Å². The SMILES string of the molecule is O=S1OCCCO1. The number of hydrogen-bond acceptors (Lipinski definition) is 3. The summed E-state index contributed by atoms with van der Waals surface area (Å²) in [7, 11) is 0. The van der Waals surface area contributed by atoms with Gasteiger partial charge in [0.1, 0.15) is 0 Å². The van der Waals surface area contributed by atoms with Crippen LogP contribution in [-0.4, -0.2) is 17.4 Å². The molecule has 0 aromatic rings. The van der Waals surface area contributed by atoms with Gasteiger partial charge in [0, 0.05) is 0 Å². The zero-order valence-electron chi connectivity index (χ0n) is 3.75. The fraction of sp³-hybridized carbons (Fsp3) is 1.00. The Kier molecular flexibility index (Phi) is 1.78. The maximum atomic E-state index is 10.1. The van der Waals surface area contributed by atoms with E-state index in [1.54, 1.807) is 0 Å². The Morgan fingerprint density at radius 3 is 2.14 bits per heavy atom. The van der Waals surface area contributed by atoms with Crippen LogP contribution in [-0.2, 0) is 19.7 Å². The molecule has 0 radical (unpaired) electrons. The molecule has 0 aromatic carbocycles. The van der Waals surface area contributed by atoms with Gasteiger partial charge in [0.05, 0.1) is 13.2 Å². The maximum Gasteiger partial charge on any atom is 0.304 e. The third-order valence-electron chi connectivity index (χ3n) is 0.648. The van der Waals surface area contributed by atoms with Gasteiger partial charge in [0.15, 0.2) is 0 Å². The van der Waals surface area contributed by atoms with Crippen LogP contribution in [0.1, 0.15) is 6.42 Å². The van der Waals surface area contributed by atoms with E-state index in [0.717, 1.165) is 6.42 Å². The van der Waals surface area contributed by atoms with E-state index < -0.39 is 11.4 Å². The molecule has 3 nitrogen and oxygen atoms in total. The summed E-state index contributed by atoms with van der Waals surface area (Å²) in [5.74, 6) is 0. The van der Waals surface area contributed by atoms with E-state index >= 15 is 0 Å². The van der Waals surface area contributed by atoms with Gasteiger partial charge in [-0.1, -0.05) is 0 Å². The maximum absolute atomic E-state index is 10.1. The monoisotopic (exact) mass is 122 g/mol. The minimum absolute atomic E-state index is 0.562. The van der Waals surface area contributed by atoms with Gasteiger partial charge in [-0.25, -0.2) is 0 Å². The molecule has 1 heterocycles. The fourth-order valence-corrected chi connectivity index (χ4v) is 0.923. The van der Waals surface area contributed by atoms with Crippen molar-refractivity contribution in [2.75, 3.05) is 13.2 Å². The molecule has 42 valence electrons. The zero-order valence-corrected chi connectivity index (χ0v) is 4.57. The largest absolute Gasteiger partial charge is 0.304 e. The lowest BCUT2D eigenvalue weighted by molar-refractivity contribution is 0.185. The second-order valence-electron chi connectivity index (χ2n) is 1.20. The van der Waals surface area contributed by atoms with E-state index in [9.17, 15) is 4.21 Å². The molecule has 0 saturated carbocycles. The Balaban J connectivity index is 2.25. The van der Waals surface area contributed by atoms with Crippen molar-refractivity contribution in [3.05, 3.63) is 0 Å². The lowest BCUT2D eigenvalue weighted by Crippen LogP contribution is -2.12. The van der Waals surface area contributed by atoms with Crippen LogP contribution < -0.4 is 0 Å². The quantitative estimate of drug-likeness (QED) is 0.453. The average molecular weight is 122 g/mol. The summed E-state index contributed by atoms with van der Waals surface area (Å²) < 4.78 is 19.2. The highest BCUT2D eigenvalue weighted by molar-refractivity contribution is 7.75. The van der Waals surface area contributed by atoms with Crippen LogP contribution in [0.3, 0.4) is 0 Å². The minimum atomic E-state index is -1.44. The molecule has 0 unspecified atom stereocenters. The van der Waals surface area contributed by atoms with Crippen LogP contribution in [0.25, 0.3) is 0 Å². The molecule has 0 aliphatic carbocycles. The van der Waals surface area contributed by atoms with Crippen molar-refractivity contribution in [2.24, 2.45) is 0 Å². The van der Waals surface area contributed by atoms with Gasteiger partial charge in [-0.2, -0.15) is 4.21 Å². The second kappa shape index (κ2) is 2.40. The molecule has 0 bridgehead atoms. The molecule has 0 N–H and O–H groups in total. The van der Waals surface area contributed by atoms with Crippen LogP contribution >= 0.6 is 0 Å². The van der Waals surface area contributed by atoms with Gasteiger partial charge in [0.2, 0.25) is 0 Å². The standard InChI is InChI=1S/C3H6O3S/c4-7-5-2-1-3-6-7/h1-3H2. The smallest absolute Gasteiger partial charge is 0.268 e. The van der Waals surface area contributed by atoms with Gasteiger partial charge >= 0.3 is 11.4 Å². The first-order chi connectivity index (χ1) is 3.39. The van der Waals surface area contributed by atoms with Crippen molar-refractivity contribution in [3.8, 4) is 0 Å². The van der Waals surface area contributed by atoms with E-state index in [4.69, 9.17) is 0 Å². The minimum Gasteiger partial charge on any atom is -0.268 e. The normalized spacial score (nSPS) is 25.1. The number of hydrogen-bond donors (Lipinski definition) is 0. The lowest BCUT2D eigenvalue weighted by atomic mass is 10.5. The van der Waals surface area contributed by atoms with Crippen molar-refractivity contribution in [2.45, 2.75) is 6.42 Å². The molecule has 1 saturated heterocycles. The van der Waals surface area contributed by atoms with Crippen molar-refractivity contribution < 1.29 is 12.6 Å². The fourth-order valence-electron chi connectivity index (χ4n) is 0.347. The first-order valence-electron chi connectivity index (χ1n) is 2.08. The molecule has 1 aliphatic rings. The average Bonchev–Trinajstić information content (AvgIpc) is 1.69.